The Morgan fingerprint density at radius 3 is 2.67 bits per heavy atom. The number of nitrogens with zero attached hydrogens (tertiary/aromatic N) is 1. The summed E-state index contributed by atoms with van der Waals surface area (Å²) >= 11 is 0. The van der Waals surface area contributed by atoms with Crippen LogP contribution in [0.4, 0.5) is 0 Å². The van der Waals surface area contributed by atoms with Crippen LogP contribution in [0.3, 0.4) is 0 Å². The standard InChI is InChI=1S/C8H16N2O2/c1-6(11)5-10-7(12)4-8(2,3)9-10/h6,9,11H,4-5H2,1-3H3. The maximum Gasteiger partial charge on any atom is 0.238 e. The molecule has 1 atom stereocenters. The van der Waals surface area contributed by atoms with Gasteiger partial charge >= 0.3 is 0 Å². The molecule has 1 saturated heterocycles. The number of nitrogens with one attached hydrogen (secondary N) is 1. The van der Waals surface area contributed by atoms with Gasteiger partial charge in [-0.3, -0.25) is 9.80 Å². The van der Waals surface area contributed by atoms with Gasteiger partial charge in [0.05, 0.1) is 12.6 Å². The quantitative estimate of drug-likeness (QED) is 0.610. The molecule has 1 fully saturated rings. The van der Waals surface area contributed by atoms with Crippen LogP contribution in [-0.2, 0) is 4.79 Å². The molecule has 0 bridgehead atoms. The van der Waals surface area contributed by atoms with E-state index in [4.69, 9.17) is 5.11 Å². The Morgan fingerprint density at radius 2 is 2.33 bits per heavy atom. The van der Waals surface area contributed by atoms with E-state index < -0.39 is 6.10 Å². The van der Waals surface area contributed by atoms with Gasteiger partial charge in [-0.25, -0.2) is 5.43 Å². The summed E-state index contributed by atoms with van der Waals surface area (Å²) in [6.07, 6.45) is 0.0232. The average molecular weight is 172 g/mol. The van der Waals surface area contributed by atoms with E-state index in [9.17, 15) is 4.79 Å². The lowest BCUT2D eigenvalue weighted by molar-refractivity contribution is -0.130. The van der Waals surface area contributed by atoms with Crippen LogP contribution in [0.5, 0.6) is 0 Å². The summed E-state index contributed by atoms with van der Waals surface area (Å²) in [7, 11) is 0. The Morgan fingerprint density at radius 1 is 1.75 bits per heavy atom. The van der Waals surface area contributed by atoms with Gasteiger partial charge < -0.3 is 5.11 Å². The zero-order chi connectivity index (χ0) is 9.35. The SMILES string of the molecule is CC(O)CN1NC(C)(C)CC1=O. The first-order chi connectivity index (χ1) is 5.41. The van der Waals surface area contributed by atoms with Gasteiger partial charge in [-0.1, -0.05) is 0 Å². The zero-order valence-corrected chi connectivity index (χ0v) is 7.79. The van der Waals surface area contributed by atoms with E-state index in [1.54, 1.807) is 6.92 Å². The van der Waals surface area contributed by atoms with E-state index in [0.717, 1.165) is 0 Å². The summed E-state index contributed by atoms with van der Waals surface area (Å²) in [4.78, 5) is 11.3. The molecule has 2 N–H and O–H groups in total. The van der Waals surface area contributed by atoms with Crippen molar-refractivity contribution in [3.8, 4) is 0 Å². The molecule has 0 aromatic rings. The molecule has 0 spiro atoms. The number of β-amino-alcohol motifs (C(OH)–C–C–N with tert-alkyl or cyclic N) is 1. The second-order valence-corrected chi connectivity index (χ2v) is 4.03. The monoisotopic (exact) mass is 172 g/mol. The highest BCUT2D eigenvalue weighted by Gasteiger charge is 2.35. The van der Waals surface area contributed by atoms with E-state index in [2.05, 4.69) is 5.43 Å². The summed E-state index contributed by atoms with van der Waals surface area (Å²) in [6, 6.07) is 0. The Kier molecular flexibility index (Phi) is 2.39. The smallest absolute Gasteiger partial charge is 0.238 e. The van der Waals surface area contributed by atoms with Gasteiger partial charge in [0, 0.05) is 12.0 Å². The summed E-state index contributed by atoms with van der Waals surface area (Å²) < 4.78 is 0. The van der Waals surface area contributed by atoms with Crippen LogP contribution in [-0.4, -0.2) is 34.2 Å². The molecule has 0 aromatic carbocycles. The summed E-state index contributed by atoms with van der Waals surface area (Å²) in [6.45, 7) is 5.96. The zero-order valence-electron chi connectivity index (χ0n) is 7.79. The molecule has 4 heteroatoms. The van der Waals surface area contributed by atoms with E-state index in [0.29, 0.717) is 13.0 Å². The van der Waals surface area contributed by atoms with Gasteiger partial charge in [0.15, 0.2) is 0 Å². The molecule has 1 amide bonds. The maximum atomic E-state index is 11.3. The highest BCUT2D eigenvalue weighted by molar-refractivity contribution is 5.79. The molecule has 1 aliphatic heterocycles. The van der Waals surface area contributed by atoms with Crippen LogP contribution in [0.1, 0.15) is 27.2 Å². The molecule has 1 unspecified atom stereocenters. The first-order valence-corrected chi connectivity index (χ1v) is 4.17. The van der Waals surface area contributed by atoms with Crippen molar-refractivity contribution < 1.29 is 9.90 Å². The largest absolute Gasteiger partial charge is 0.392 e. The minimum Gasteiger partial charge on any atom is -0.392 e. The number of aliphatic hydroxyl groups excluding tert-OH is 1. The molecule has 0 saturated carbocycles. The first-order valence-electron chi connectivity index (χ1n) is 4.17. The van der Waals surface area contributed by atoms with Gasteiger partial charge in [0.1, 0.15) is 0 Å². The van der Waals surface area contributed by atoms with Crippen LogP contribution in [0, 0.1) is 0 Å². The van der Waals surface area contributed by atoms with Crippen LogP contribution < -0.4 is 5.43 Å². The predicted molar refractivity (Wildman–Crippen MR) is 45.2 cm³/mol. The second-order valence-electron chi connectivity index (χ2n) is 4.03. The summed E-state index contributed by atoms with van der Waals surface area (Å²) in [5, 5.41) is 10.6. The number of aliphatic hydroxyl groups is 1. The predicted octanol–water partition coefficient (Wildman–Crippen LogP) is -0.117. The lowest BCUT2D eigenvalue weighted by atomic mass is 10.0. The molecule has 12 heavy (non-hydrogen) atoms. The molecule has 0 aliphatic carbocycles. The van der Waals surface area contributed by atoms with Gasteiger partial charge in [0.2, 0.25) is 5.91 Å². The van der Waals surface area contributed by atoms with E-state index >= 15 is 0 Å². The molecule has 1 rings (SSSR count). The highest BCUT2D eigenvalue weighted by Crippen LogP contribution is 2.18. The minimum absolute atomic E-state index is 0.0564. The third-order valence-electron chi connectivity index (χ3n) is 1.78. The van der Waals surface area contributed by atoms with Crippen molar-refractivity contribution in [3.05, 3.63) is 0 Å². The van der Waals surface area contributed by atoms with Crippen molar-refractivity contribution >= 4 is 5.91 Å². The normalized spacial score (nSPS) is 24.7. The summed E-state index contributed by atoms with van der Waals surface area (Å²) in [5.41, 5.74) is 2.87. The van der Waals surface area contributed by atoms with Crippen molar-refractivity contribution in [2.24, 2.45) is 0 Å². The number of amides is 1. The maximum absolute atomic E-state index is 11.3. The Hall–Kier alpha value is -0.610. The highest BCUT2D eigenvalue weighted by atomic mass is 16.3. The van der Waals surface area contributed by atoms with Crippen LogP contribution in [0.15, 0.2) is 0 Å². The number of hydrogen-bond acceptors (Lipinski definition) is 3. The van der Waals surface area contributed by atoms with Gasteiger partial charge in [0.25, 0.3) is 0 Å². The molecule has 0 radical (unpaired) electrons. The number of carbonyl (C=O) groups is 1. The Labute approximate surface area is 72.5 Å². The number of hydrazine groups is 1. The fraction of sp³-hybridized carbons (Fsp3) is 0.875. The Bertz CT molecular complexity index is 189. The lowest BCUT2D eigenvalue weighted by Gasteiger charge is -2.22. The minimum atomic E-state index is -0.477. The molecule has 1 aliphatic rings. The lowest BCUT2D eigenvalue weighted by Crippen LogP contribution is -2.45. The number of hydrogen-bond donors (Lipinski definition) is 2. The van der Waals surface area contributed by atoms with E-state index in [1.807, 2.05) is 13.8 Å². The molecule has 70 valence electrons. The van der Waals surface area contributed by atoms with Crippen LogP contribution >= 0.6 is 0 Å². The molecular weight excluding hydrogens is 156 g/mol. The van der Waals surface area contributed by atoms with Crippen molar-refractivity contribution in [3.63, 3.8) is 0 Å². The van der Waals surface area contributed by atoms with Crippen molar-refractivity contribution in [1.82, 2.24) is 10.4 Å². The van der Waals surface area contributed by atoms with Crippen molar-refractivity contribution in [2.45, 2.75) is 38.8 Å². The molecule has 1 heterocycles. The van der Waals surface area contributed by atoms with Crippen molar-refractivity contribution in [2.75, 3.05) is 6.54 Å². The third-order valence-corrected chi connectivity index (χ3v) is 1.78. The van der Waals surface area contributed by atoms with Gasteiger partial charge in [-0.2, -0.15) is 0 Å². The fourth-order valence-electron chi connectivity index (χ4n) is 1.35. The molecule has 0 aromatic heterocycles. The topological polar surface area (TPSA) is 52.6 Å². The van der Waals surface area contributed by atoms with Crippen LogP contribution in [0.2, 0.25) is 0 Å². The van der Waals surface area contributed by atoms with E-state index in [-0.39, 0.29) is 11.4 Å². The van der Waals surface area contributed by atoms with Crippen LogP contribution in [0.25, 0.3) is 0 Å². The number of rotatable bonds is 2. The number of carbonyl (C=O) groups excluding carboxylic acids is 1. The summed E-state index contributed by atoms with van der Waals surface area (Å²) in [5.74, 6) is 0.0564. The molecular formula is C8H16N2O2. The van der Waals surface area contributed by atoms with Gasteiger partial charge in [-0.15, -0.1) is 0 Å². The fourth-order valence-corrected chi connectivity index (χ4v) is 1.35. The molecule has 4 nitrogen and oxygen atoms in total. The van der Waals surface area contributed by atoms with Gasteiger partial charge in [-0.05, 0) is 20.8 Å². The van der Waals surface area contributed by atoms with E-state index in [1.165, 1.54) is 5.01 Å². The average Bonchev–Trinajstić information content (AvgIpc) is 2.03. The van der Waals surface area contributed by atoms with Crippen molar-refractivity contribution in [1.29, 1.82) is 0 Å². The first kappa shape index (κ1) is 9.48. The second kappa shape index (κ2) is 3.03. The third kappa shape index (κ3) is 2.19. The Balaban J connectivity index is 2.53.